The van der Waals surface area contributed by atoms with Crippen LogP contribution >= 0.6 is 11.3 Å². The van der Waals surface area contributed by atoms with E-state index in [-0.39, 0.29) is 12.0 Å². The Morgan fingerprint density at radius 3 is 2.73 bits per heavy atom. The van der Waals surface area contributed by atoms with Crippen LogP contribution in [0.5, 0.6) is 0 Å². The normalized spacial score (nSPS) is 22.0. The lowest BCUT2D eigenvalue weighted by Gasteiger charge is -2.42. The maximum absolute atomic E-state index is 12.5. The molecule has 1 atom stereocenters. The molecule has 2 fully saturated rings. The van der Waals surface area contributed by atoms with E-state index >= 15 is 0 Å². The van der Waals surface area contributed by atoms with E-state index in [0.717, 1.165) is 43.9 Å². The second kappa shape index (κ2) is 9.19. The average Bonchev–Trinajstić information content (AvgIpc) is 3.20. The van der Waals surface area contributed by atoms with Crippen LogP contribution in [0.3, 0.4) is 0 Å². The molecule has 2 saturated heterocycles. The number of carbonyl (C=O) groups excluding carboxylic acids is 2. The van der Waals surface area contributed by atoms with E-state index in [0.29, 0.717) is 25.7 Å². The van der Waals surface area contributed by atoms with Crippen molar-refractivity contribution in [1.29, 1.82) is 0 Å². The fourth-order valence-electron chi connectivity index (χ4n) is 3.58. The minimum atomic E-state index is -0.216. The van der Waals surface area contributed by atoms with Crippen molar-refractivity contribution >= 4 is 29.4 Å². The van der Waals surface area contributed by atoms with Gasteiger partial charge in [-0.25, -0.2) is 4.79 Å². The molecule has 26 heavy (non-hydrogen) atoms. The van der Waals surface area contributed by atoms with E-state index in [9.17, 15) is 9.59 Å². The van der Waals surface area contributed by atoms with Crippen molar-refractivity contribution in [3.63, 3.8) is 0 Å². The van der Waals surface area contributed by atoms with Crippen LogP contribution in [0.25, 0.3) is 6.08 Å². The highest BCUT2D eigenvalue weighted by atomic mass is 32.1. The Morgan fingerprint density at radius 1 is 1.23 bits per heavy atom. The molecule has 1 aromatic heterocycles. The van der Waals surface area contributed by atoms with Crippen LogP contribution in [0.2, 0.25) is 0 Å². The van der Waals surface area contributed by atoms with Gasteiger partial charge < -0.3 is 14.5 Å². The van der Waals surface area contributed by atoms with Gasteiger partial charge >= 0.3 is 6.09 Å². The number of likely N-dealkylation sites (tertiary alicyclic amines) is 1. The monoisotopic (exact) mass is 377 g/mol. The van der Waals surface area contributed by atoms with Gasteiger partial charge in [-0.15, -0.1) is 11.3 Å². The number of piperazine rings is 1. The summed E-state index contributed by atoms with van der Waals surface area (Å²) in [6, 6.07) is 4.38. The number of piperidine rings is 1. The first-order valence-electron chi connectivity index (χ1n) is 9.33. The first kappa shape index (κ1) is 18.9. The molecule has 0 saturated carbocycles. The number of hydrogen-bond donors (Lipinski definition) is 0. The largest absolute Gasteiger partial charge is 0.450 e. The highest BCUT2D eigenvalue weighted by Crippen LogP contribution is 2.19. The molecular formula is C19H27N3O3S. The third kappa shape index (κ3) is 4.86. The van der Waals surface area contributed by atoms with Crippen LogP contribution in [-0.4, -0.2) is 78.6 Å². The topological polar surface area (TPSA) is 53.1 Å². The molecule has 1 aromatic rings. The summed E-state index contributed by atoms with van der Waals surface area (Å²) in [6.45, 7) is 6.92. The van der Waals surface area contributed by atoms with Gasteiger partial charge in [0.05, 0.1) is 6.61 Å². The lowest BCUT2D eigenvalue weighted by Crippen LogP contribution is -2.56. The van der Waals surface area contributed by atoms with Gasteiger partial charge in [0.2, 0.25) is 5.91 Å². The van der Waals surface area contributed by atoms with Crippen molar-refractivity contribution in [2.24, 2.45) is 0 Å². The zero-order valence-corrected chi connectivity index (χ0v) is 16.1. The van der Waals surface area contributed by atoms with Crippen LogP contribution in [0, 0.1) is 0 Å². The van der Waals surface area contributed by atoms with Gasteiger partial charge in [-0.05, 0) is 37.3 Å². The molecule has 2 aliphatic rings. The Labute approximate surface area is 159 Å². The lowest BCUT2D eigenvalue weighted by molar-refractivity contribution is -0.128. The number of hydrogen-bond acceptors (Lipinski definition) is 5. The number of ether oxygens (including phenoxy) is 1. The number of amides is 2. The Morgan fingerprint density at radius 2 is 2.04 bits per heavy atom. The summed E-state index contributed by atoms with van der Waals surface area (Å²) in [5, 5.41) is 2.01. The maximum Gasteiger partial charge on any atom is 0.409 e. The maximum atomic E-state index is 12.5. The molecule has 7 heteroatoms. The summed E-state index contributed by atoms with van der Waals surface area (Å²) in [7, 11) is 0. The summed E-state index contributed by atoms with van der Waals surface area (Å²) in [6.07, 6.45) is 5.51. The van der Waals surface area contributed by atoms with E-state index in [2.05, 4.69) is 4.90 Å². The molecule has 0 bridgehead atoms. The molecule has 2 amide bonds. The Kier molecular flexibility index (Phi) is 6.68. The highest BCUT2D eigenvalue weighted by Gasteiger charge is 2.30. The van der Waals surface area contributed by atoms with Gasteiger partial charge in [0, 0.05) is 56.3 Å². The van der Waals surface area contributed by atoms with Crippen molar-refractivity contribution in [2.75, 3.05) is 45.9 Å². The smallest absolute Gasteiger partial charge is 0.409 e. The SMILES string of the molecule is CCOC(=O)N1CCN(C2CCCN(C(=O)/C=C/c3cccs3)C2)CC1. The van der Waals surface area contributed by atoms with Crippen molar-refractivity contribution in [2.45, 2.75) is 25.8 Å². The number of thiophene rings is 1. The van der Waals surface area contributed by atoms with Crippen molar-refractivity contribution in [3.05, 3.63) is 28.5 Å². The van der Waals surface area contributed by atoms with E-state index in [4.69, 9.17) is 4.74 Å². The molecule has 0 N–H and O–H groups in total. The lowest BCUT2D eigenvalue weighted by atomic mass is 10.0. The first-order chi connectivity index (χ1) is 12.7. The summed E-state index contributed by atoms with van der Waals surface area (Å²) < 4.78 is 5.08. The predicted octanol–water partition coefficient (Wildman–Crippen LogP) is 2.53. The third-order valence-corrected chi connectivity index (χ3v) is 5.84. The number of nitrogens with zero attached hydrogens (tertiary/aromatic N) is 3. The molecule has 0 aromatic carbocycles. The van der Waals surface area contributed by atoms with Crippen LogP contribution < -0.4 is 0 Å². The average molecular weight is 378 g/mol. The van der Waals surface area contributed by atoms with Crippen molar-refractivity contribution in [1.82, 2.24) is 14.7 Å². The molecule has 142 valence electrons. The van der Waals surface area contributed by atoms with Crippen LogP contribution in [0.4, 0.5) is 4.79 Å². The number of rotatable bonds is 4. The third-order valence-electron chi connectivity index (χ3n) is 5.00. The van der Waals surface area contributed by atoms with Crippen molar-refractivity contribution < 1.29 is 14.3 Å². The van der Waals surface area contributed by atoms with Gasteiger partial charge in [0.25, 0.3) is 0 Å². The summed E-state index contributed by atoms with van der Waals surface area (Å²) in [5.74, 6) is 0.0910. The summed E-state index contributed by atoms with van der Waals surface area (Å²) in [5.41, 5.74) is 0. The molecule has 2 aliphatic heterocycles. The molecule has 6 nitrogen and oxygen atoms in total. The fourth-order valence-corrected chi connectivity index (χ4v) is 4.20. The molecule has 3 heterocycles. The fraction of sp³-hybridized carbons (Fsp3) is 0.579. The Bertz CT molecular complexity index is 624. The molecule has 0 spiro atoms. The zero-order chi connectivity index (χ0) is 18.4. The van der Waals surface area contributed by atoms with Gasteiger partial charge in [-0.3, -0.25) is 9.69 Å². The van der Waals surface area contributed by atoms with E-state index in [1.165, 1.54) is 0 Å². The van der Waals surface area contributed by atoms with Gasteiger partial charge in [-0.1, -0.05) is 6.07 Å². The Hall–Kier alpha value is -1.86. The number of carbonyl (C=O) groups is 2. The second-order valence-electron chi connectivity index (χ2n) is 6.65. The predicted molar refractivity (Wildman–Crippen MR) is 103 cm³/mol. The van der Waals surface area contributed by atoms with E-state index in [1.54, 1.807) is 22.3 Å². The molecular weight excluding hydrogens is 350 g/mol. The molecule has 1 unspecified atom stereocenters. The standard InChI is InChI=1S/C19H27N3O3S/c1-2-25-19(24)21-12-10-20(11-13-21)16-5-3-9-22(15-16)18(23)8-7-17-6-4-14-26-17/h4,6-8,14,16H,2-3,5,9-13,15H2,1H3/b8-7+. The minimum Gasteiger partial charge on any atom is -0.450 e. The Balaban J connectivity index is 1.49. The highest BCUT2D eigenvalue weighted by molar-refractivity contribution is 7.10. The van der Waals surface area contributed by atoms with Gasteiger partial charge in [-0.2, -0.15) is 0 Å². The van der Waals surface area contributed by atoms with Crippen LogP contribution in [0.1, 0.15) is 24.6 Å². The van der Waals surface area contributed by atoms with Gasteiger partial charge in [0.1, 0.15) is 0 Å². The summed E-state index contributed by atoms with van der Waals surface area (Å²) in [4.78, 5) is 31.5. The van der Waals surface area contributed by atoms with Crippen LogP contribution in [0.15, 0.2) is 23.6 Å². The quantitative estimate of drug-likeness (QED) is 0.757. The first-order valence-corrected chi connectivity index (χ1v) is 10.2. The molecule has 0 radical (unpaired) electrons. The van der Waals surface area contributed by atoms with Crippen LogP contribution in [-0.2, 0) is 9.53 Å². The summed E-state index contributed by atoms with van der Waals surface area (Å²) >= 11 is 1.63. The zero-order valence-electron chi connectivity index (χ0n) is 15.3. The van der Waals surface area contributed by atoms with E-state index < -0.39 is 0 Å². The second-order valence-corrected chi connectivity index (χ2v) is 7.63. The minimum absolute atomic E-state index is 0.0910. The van der Waals surface area contributed by atoms with Gasteiger partial charge in [0.15, 0.2) is 0 Å². The van der Waals surface area contributed by atoms with Crippen molar-refractivity contribution in [3.8, 4) is 0 Å². The molecule has 0 aliphatic carbocycles. The molecule has 3 rings (SSSR count). The van der Waals surface area contributed by atoms with E-state index in [1.807, 2.05) is 35.4 Å².